The van der Waals surface area contributed by atoms with Crippen LogP contribution in [-0.2, 0) is 10.8 Å². The average molecular weight is 527 g/mol. The molecule has 1 fully saturated rings. The van der Waals surface area contributed by atoms with Gasteiger partial charge in [-0.15, -0.1) is 0 Å². The highest BCUT2D eigenvalue weighted by Gasteiger charge is 2.61. The topological polar surface area (TPSA) is 92.9 Å². The summed E-state index contributed by atoms with van der Waals surface area (Å²) in [5.41, 5.74) is 0.665. The van der Waals surface area contributed by atoms with Crippen LogP contribution in [0.25, 0.3) is 0 Å². The summed E-state index contributed by atoms with van der Waals surface area (Å²) >= 11 is 0. The second-order valence-electron chi connectivity index (χ2n) is 12.8. The number of hydrogen-bond donors (Lipinski definition) is 1. The summed E-state index contributed by atoms with van der Waals surface area (Å²) in [5.74, 6) is 0. The van der Waals surface area contributed by atoms with Crippen LogP contribution in [0, 0.1) is 15.5 Å². The van der Waals surface area contributed by atoms with Gasteiger partial charge in [0.15, 0.2) is 8.32 Å². The number of carboxylic acid groups (broad SMARTS) is 1. The molecule has 0 unspecified atom stereocenters. The Bertz CT molecular complexity index is 1110. The van der Waals surface area contributed by atoms with Crippen LogP contribution in [0.2, 0.25) is 18.1 Å². The Kier molecular flexibility index (Phi) is 7.96. The molecule has 2 aromatic carbocycles. The molecule has 7 nitrogen and oxygen atoms in total. The second-order valence-corrected chi connectivity index (χ2v) is 17.6. The second kappa shape index (κ2) is 10.2. The smallest absolute Gasteiger partial charge is 0.408 e. The summed E-state index contributed by atoms with van der Waals surface area (Å²) < 4.78 is 7.18. The van der Waals surface area contributed by atoms with Gasteiger partial charge >= 0.3 is 6.09 Å². The minimum Gasteiger partial charge on any atom is -0.465 e. The number of hydrogen-bond acceptors (Lipinski definition) is 4. The molecule has 2 aromatic rings. The molecule has 0 bridgehead atoms. The largest absolute Gasteiger partial charge is 0.465 e. The predicted molar refractivity (Wildman–Crippen MR) is 149 cm³/mol. The number of rotatable bonds is 7. The summed E-state index contributed by atoms with van der Waals surface area (Å²) in [6.07, 6.45) is 0.440. The average Bonchev–Trinajstić information content (AvgIpc) is 3.18. The number of amides is 1. The molecule has 0 saturated carbocycles. The molecule has 0 aliphatic carbocycles. The molecular weight excluding hydrogens is 484 g/mol. The zero-order valence-electron chi connectivity index (χ0n) is 23.4. The van der Waals surface area contributed by atoms with E-state index >= 15 is 0 Å². The summed E-state index contributed by atoms with van der Waals surface area (Å²) in [4.78, 5) is 25.4. The van der Waals surface area contributed by atoms with Gasteiger partial charge in [0.25, 0.3) is 5.69 Å². The van der Waals surface area contributed by atoms with Gasteiger partial charge in [-0.3, -0.25) is 15.0 Å². The van der Waals surface area contributed by atoms with Crippen LogP contribution in [0.3, 0.4) is 0 Å². The van der Waals surface area contributed by atoms with E-state index in [2.05, 4.69) is 66.8 Å². The molecule has 0 spiro atoms. The monoisotopic (exact) mass is 526 g/mol. The lowest BCUT2D eigenvalue weighted by Crippen LogP contribution is -2.63. The fourth-order valence-corrected chi connectivity index (χ4v) is 6.71. The fraction of sp³-hybridized carbons (Fsp3) is 0.552. The maximum absolute atomic E-state index is 13.1. The van der Waals surface area contributed by atoms with Crippen molar-refractivity contribution in [2.24, 2.45) is 5.41 Å². The highest BCUT2D eigenvalue weighted by Crippen LogP contribution is 2.56. The van der Waals surface area contributed by atoms with E-state index in [-0.39, 0.29) is 16.8 Å². The van der Waals surface area contributed by atoms with Crippen molar-refractivity contribution in [3.05, 3.63) is 75.8 Å². The van der Waals surface area contributed by atoms with Crippen molar-refractivity contribution in [2.75, 3.05) is 0 Å². The lowest BCUT2D eigenvalue weighted by molar-refractivity contribution is -0.384. The van der Waals surface area contributed by atoms with Crippen molar-refractivity contribution < 1.29 is 19.3 Å². The van der Waals surface area contributed by atoms with Crippen LogP contribution in [0.5, 0.6) is 0 Å². The molecule has 202 valence electrons. The standard InChI is InChI=1S/C29H42N2O5Si/c1-27(2,3)29(25(22-12-10-9-11-13-22)36-37(7,8)28(4,5)6)19-18-24(30(29)26(32)33)20-21-14-16-23(17-15-21)31(34)35/h9-17,24-25H,18-20H2,1-8H3,(H,32,33)/t24-,25+,29-/m0/s1. The summed E-state index contributed by atoms with van der Waals surface area (Å²) in [5, 5.41) is 21.8. The summed E-state index contributed by atoms with van der Waals surface area (Å²) in [7, 11) is -2.31. The van der Waals surface area contributed by atoms with Crippen molar-refractivity contribution in [3.8, 4) is 0 Å². The maximum atomic E-state index is 13.1. The van der Waals surface area contributed by atoms with E-state index in [0.29, 0.717) is 19.3 Å². The van der Waals surface area contributed by atoms with Gasteiger partial charge in [0.1, 0.15) is 0 Å². The van der Waals surface area contributed by atoms with Crippen molar-refractivity contribution >= 4 is 20.1 Å². The number of carbonyl (C=O) groups is 1. The quantitative estimate of drug-likeness (QED) is 0.225. The Labute approximate surface area is 222 Å². The Morgan fingerprint density at radius 3 is 2.14 bits per heavy atom. The van der Waals surface area contributed by atoms with Crippen LogP contribution in [-0.4, -0.2) is 40.9 Å². The molecule has 1 aliphatic heterocycles. The number of non-ortho nitro benzene ring substituents is 1. The molecule has 0 aromatic heterocycles. The van der Waals surface area contributed by atoms with Gasteiger partial charge in [-0.1, -0.05) is 84.0 Å². The zero-order chi connectivity index (χ0) is 27.8. The Hall–Kier alpha value is -2.71. The van der Waals surface area contributed by atoms with Crippen LogP contribution in [0.4, 0.5) is 10.5 Å². The molecule has 8 heteroatoms. The summed E-state index contributed by atoms with van der Waals surface area (Å²) in [6, 6.07) is 16.2. The van der Waals surface area contributed by atoms with Gasteiger partial charge in [-0.05, 0) is 53.9 Å². The molecule has 1 aliphatic rings. The van der Waals surface area contributed by atoms with Crippen LogP contribution < -0.4 is 0 Å². The molecule has 1 N–H and O–H groups in total. The number of benzene rings is 2. The molecule has 3 atom stereocenters. The van der Waals surface area contributed by atoms with Crippen molar-refractivity contribution in [1.29, 1.82) is 0 Å². The molecule has 1 amide bonds. The number of nitro groups is 1. The third-order valence-electron chi connectivity index (χ3n) is 8.53. The SMILES string of the molecule is CC(C)(C)[C@@]1([C@H](O[Si](C)(C)C(C)(C)C)c2ccccc2)CC[C@@H](Cc2ccc([N+](=O)[O-])cc2)N1C(=O)O. The van der Waals surface area contributed by atoms with Gasteiger partial charge in [-0.2, -0.15) is 0 Å². The van der Waals surface area contributed by atoms with E-state index in [1.807, 2.05) is 18.2 Å². The molecule has 3 rings (SSSR count). The van der Waals surface area contributed by atoms with Crippen molar-refractivity contribution in [2.45, 2.75) is 96.6 Å². The van der Waals surface area contributed by atoms with Gasteiger partial charge < -0.3 is 9.53 Å². The van der Waals surface area contributed by atoms with E-state index in [1.165, 1.54) is 12.1 Å². The van der Waals surface area contributed by atoms with Crippen LogP contribution in [0.15, 0.2) is 54.6 Å². The maximum Gasteiger partial charge on any atom is 0.408 e. The molecule has 37 heavy (non-hydrogen) atoms. The van der Waals surface area contributed by atoms with Gasteiger partial charge in [0.2, 0.25) is 0 Å². The minimum absolute atomic E-state index is 0.0289. The lowest BCUT2D eigenvalue weighted by atomic mass is 9.67. The van der Waals surface area contributed by atoms with Gasteiger partial charge in [-0.25, -0.2) is 4.79 Å². The highest BCUT2D eigenvalue weighted by atomic mass is 28.4. The Morgan fingerprint density at radius 1 is 1.11 bits per heavy atom. The van der Waals surface area contributed by atoms with Crippen molar-refractivity contribution in [1.82, 2.24) is 4.90 Å². The van der Waals surface area contributed by atoms with Crippen LogP contribution >= 0.6 is 0 Å². The minimum atomic E-state index is -2.31. The number of nitro benzene ring substituents is 1. The predicted octanol–water partition coefficient (Wildman–Crippen LogP) is 7.83. The van der Waals surface area contributed by atoms with Crippen LogP contribution in [0.1, 0.15) is 71.6 Å². The first-order valence-electron chi connectivity index (χ1n) is 13.0. The molecule has 1 heterocycles. The van der Waals surface area contributed by atoms with Gasteiger partial charge in [0, 0.05) is 18.2 Å². The van der Waals surface area contributed by atoms with Crippen molar-refractivity contribution in [3.63, 3.8) is 0 Å². The van der Waals surface area contributed by atoms with Gasteiger partial charge in [0.05, 0.1) is 16.6 Å². The molecule has 0 radical (unpaired) electrons. The first kappa shape index (κ1) is 28.9. The number of nitrogens with zero attached hydrogens (tertiary/aromatic N) is 2. The zero-order valence-corrected chi connectivity index (χ0v) is 24.4. The first-order valence-corrected chi connectivity index (χ1v) is 15.9. The summed E-state index contributed by atoms with van der Waals surface area (Å²) in [6.45, 7) is 17.4. The number of likely N-dealkylation sites (tertiary alicyclic amines) is 1. The highest BCUT2D eigenvalue weighted by molar-refractivity contribution is 6.74. The lowest BCUT2D eigenvalue weighted by Gasteiger charge is -2.55. The van der Waals surface area contributed by atoms with E-state index in [0.717, 1.165) is 11.1 Å². The van der Waals surface area contributed by atoms with E-state index in [9.17, 15) is 20.0 Å². The normalized spacial score (nSPS) is 21.6. The first-order chi connectivity index (χ1) is 17.0. The Balaban J connectivity index is 2.14. The third kappa shape index (κ3) is 5.60. The fourth-order valence-electron chi connectivity index (χ4n) is 5.44. The van der Waals surface area contributed by atoms with E-state index in [4.69, 9.17) is 4.43 Å². The molecular formula is C29H42N2O5Si. The van der Waals surface area contributed by atoms with E-state index in [1.54, 1.807) is 17.0 Å². The molecule has 1 saturated heterocycles. The van der Waals surface area contributed by atoms with E-state index < -0.39 is 36.4 Å². The Morgan fingerprint density at radius 2 is 1.68 bits per heavy atom. The third-order valence-corrected chi connectivity index (χ3v) is 13.0.